The number of anilines is 1. The molecule has 2 aromatic carbocycles. The number of aromatic nitrogens is 1. The van der Waals surface area contributed by atoms with E-state index in [4.69, 9.17) is 21.1 Å². The highest BCUT2D eigenvalue weighted by atomic mass is 35.5. The number of nitrogens with one attached hydrogen (secondary N) is 1. The zero-order valence-corrected chi connectivity index (χ0v) is 15.9. The second-order valence-corrected chi connectivity index (χ2v) is 7.00. The average Bonchev–Trinajstić information content (AvgIpc) is 3.01. The van der Waals surface area contributed by atoms with Crippen molar-refractivity contribution >= 4 is 44.2 Å². The van der Waals surface area contributed by atoms with Gasteiger partial charge in [-0.05, 0) is 55.8 Å². The highest BCUT2D eigenvalue weighted by molar-refractivity contribution is 7.22. The fourth-order valence-electron chi connectivity index (χ4n) is 2.36. The molecule has 0 atom stereocenters. The van der Waals surface area contributed by atoms with Crippen LogP contribution in [0.15, 0.2) is 42.5 Å². The summed E-state index contributed by atoms with van der Waals surface area (Å²) in [5.74, 6) is 1.50. The molecule has 0 aliphatic rings. The molecule has 0 aliphatic carbocycles. The van der Waals surface area contributed by atoms with Crippen molar-refractivity contribution in [3.05, 3.63) is 47.5 Å². The summed E-state index contributed by atoms with van der Waals surface area (Å²) in [6.45, 7) is 3.05. The highest BCUT2D eigenvalue weighted by Crippen LogP contribution is 2.28. The fourth-order valence-corrected chi connectivity index (χ4v) is 3.51. The van der Waals surface area contributed by atoms with Crippen LogP contribution in [0, 0.1) is 0 Å². The van der Waals surface area contributed by atoms with Crippen LogP contribution >= 0.6 is 22.9 Å². The van der Waals surface area contributed by atoms with Gasteiger partial charge in [0.2, 0.25) is 5.91 Å². The van der Waals surface area contributed by atoms with Crippen molar-refractivity contribution in [3.8, 4) is 11.5 Å². The Hall–Kier alpha value is -2.31. The zero-order chi connectivity index (χ0) is 18.4. The summed E-state index contributed by atoms with van der Waals surface area (Å²) < 4.78 is 12.0. The third kappa shape index (κ3) is 5.09. The van der Waals surface area contributed by atoms with Gasteiger partial charge in [0.25, 0.3) is 0 Å². The molecule has 0 aliphatic heterocycles. The molecule has 5 nitrogen and oxygen atoms in total. The fraction of sp³-hybridized carbons (Fsp3) is 0.263. The van der Waals surface area contributed by atoms with E-state index in [1.54, 1.807) is 6.07 Å². The minimum Gasteiger partial charge on any atom is -0.494 e. The summed E-state index contributed by atoms with van der Waals surface area (Å²) in [7, 11) is 0. The Labute approximate surface area is 160 Å². The van der Waals surface area contributed by atoms with Gasteiger partial charge in [-0.2, -0.15) is 0 Å². The molecular formula is C19H19ClN2O3S. The molecular weight excluding hydrogens is 372 g/mol. The van der Waals surface area contributed by atoms with Gasteiger partial charge in [-0.3, -0.25) is 4.79 Å². The predicted molar refractivity (Wildman–Crippen MR) is 106 cm³/mol. The predicted octanol–water partition coefficient (Wildman–Crippen LogP) is 5.15. The quantitative estimate of drug-likeness (QED) is 0.540. The van der Waals surface area contributed by atoms with Crippen LogP contribution in [0.4, 0.5) is 5.13 Å². The van der Waals surface area contributed by atoms with Crippen LogP contribution in [0.1, 0.15) is 19.8 Å². The Morgan fingerprint density at radius 1 is 1.15 bits per heavy atom. The van der Waals surface area contributed by atoms with Gasteiger partial charge in [-0.25, -0.2) is 4.98 Å². The van der Waals surface area contributed by atoms with E-state index < -0.39 is 0 Å². The Morgan fingerprint density at radius 2 is 1.88 bits per heavy atom. The first-order chi connectivity index (χ1) is 12.6. The molecule has 3 aromatic rings. The second kappa shape index (κ2) is 8.87. The third-order valence-corrected chi connectivity index (χ3v) is 4.72. The number of thiazole rings is 1. The van der Waals surface area contributed by atoms with Crippen molar-refractivity contribution < 1.29 is 14.3 Å². The van der Waals surface area contributed by atoms with Gasteiger partial charge in [-0.1, -0.05) is 22.9 Å². The lowest BCUT2D eigenvalue weighted by Gasteiger charge is -2.07. The number of carbonyl (C=O) groups excluding carboxylic acids is 1. The molecule has 26 heavy (non-hydrogen) atoms. The number of halogens is 1. The number of fused-ring (bicyclic) bond motifs is 1. The summed E-state index contributed by atoms with van der Waals surface area (Å²) in [5, 5.41) is 4.07. The van der Waals surface area contributed by atoms with Crippen molar-refractivity contribution in [3.63, 3.8) is 0 Å². The van der Waals surface area contributed by atoms with Gasteiger partial charge < -0.3 is 14.8 Å². The Balaban J connectivity index is 1.42. The number of carbonyl (C=O) groups is 1. The van der Waals surface area contributed by atoms with E-state index in [1.165, 1.54) is 11.3 Å². The van der Waals surface area contributed by atoms with Crippen LogP contribution < -0.4 is 14.8 Å². The Bertz CT molecular complexity index is 880. The maximum Gasteiger partial charge on any atom is 0.226 e. The molecule has 1 aromatic heterocycles. The van der Waals surface area contributed by atoms with Crippen molar-refractivity contribution in [2.75, 3.05) is 18.5 Å². The zero-order valence-electron chi connectivity index (χ0n) is 14.3. The van der Waals surface area contributed by atoms with Crippen molar-refractivity contribution in [2.24, 2.45) is 0 Å². The van der Waals surface area contributed by atoms with Crippen LogP contribution in [0.5, 0.6) is 11.5 Å². The average molecular weight is 391 g/mol. The molecule has 136 valence electrons. The molecule has 7 heteroatoms. The number of hydrogen-bond donors (Lipinski definition) is 1. The second-order valence-electron chi connectivity index (χ2n) is 5.54. The molecule has 0 spiro atoms. The first-order valence-corrected chi connectivity index (χ1v) is 9.55. The molecule has 0 saturated carbocycles. The van der Waals surface area contributed by atoms with E-state index in [1.807, 2.05) is 43.3 Å². The number of rotatable bonds is 8. The SMILES string of the molecule is CCOc1ccc(OCCCC(=O)Nc2nc3ccc(Cl)cc3s2)cc1. The first kappa shape index (κ1) is 18.5. The van der Waals surface area contributed by atoms with Gasteiger partial charge in [-0.15, -0.1) is 0 Å². The molecule has 0 radical (unpaired) electrons. The molecule has 1 heterocycles. The smallest absolute Gasteiger partial charge is 0.226 e. The van der Waals surface area contributed by atoms with Gasteiger partial charge in [0, 0.05) is 11.4 Å². The van der Waals surface area contributed by atoms with Crippen molar-refractivity contribution in [2.45, 2.75) is 19.8 Å². The molecule has 1 amide bonds. The molecule has 0 saturated heterocycles. The minimum atomic E-state index is -0.0783. The normalized spacial score (nSPS) is 10.7. The molecule has 0 fully saturated rings. The van der Waals surface area contributed by atoms with Crippen LogP contribution in [-0.4, -0.2) is 24.1 Å². The lowest BCUT2D eigenvalue weighted by Crippen LogP contribution is -2.12. The van der Waals surface area contributed by atoms with E-state index in [-0.39, 0.29) is 5.91 Å². The summed E-state index contributed by atoms with van der Waals surface area (Å²) in [4.78, 5) is 16.4. The van der Waals surface area contributed by atoms with Gasteiger partial charge in [0.1, 0.15) is 11.5 Å². The Morgan fingerprint density at radius 3 is 2.62 bits per heavy atom. The van der Waals surface area contributed by atoms with Crippen LogP contribution in [0.3, 0.4) is 0 Å². The van der Waals surface area contributed by atoms with E-state index in [2.05, 4.69) is 10.3 Å². The van der Waals surface area contributed by atoms with E-state index in [0.29, 0.717) is 36.2 Å². The largest absolute Gasteiger partial charge is 0.494 e. The van der Waals surface area contributed by atoms with Crippen molar-refractivity contribution in [1.29, 1.82) is 0 Å². The monoisotopic (exact) mass is 390 g/mol. The summed E-state index contributed by atoms with van der Waals surface area (Å²) >= 11 is 7.37. The number of ether oxygens (including phenoxy) is 2. The van der Waals surface area contributed by atoms with E-state index in [9.17, 15) is 4.79 Å². The summed E-state index contributed by atoms with van der Waals surface area (Å²) in [6, 6.07) is 12.9. The van der Waals surface area contributed by atoms with Crippen LogP contribution in [0.2, 0.25) is 5.02 Å². The molecule has 1 N–H and O–H groups in total. The third-order valence-electron chi connectivity index (χ3n) is 3.55. The maximum atomic E-state index is 12.0. The lowest BCUT2D eigenvalue weighted by atomic mass is 10.3. The topological polar surface area (TPSA) is 60.5 Å². The van der Waals surface area contributed by atoms with Gasteiger partial charge in [0.05, 0.1) is 23.4 Å². The Kier molecular flexibility index (Phi) is 6.30. The number of nitrogens with zero attached hydrogens (tertiary/aromatic N) is 1. The van der Waals surface area contributed by atoms with E-state index >= 15 is 0 Å². The number of benzene rings is 2. The van der Waals surface area contributed by atoms with Gasteiger partial charge in [0.15, 0.2) is 5.13 Å². The van der Waals surface area contributed by atoms with Gasteiger partial charge >= 0.3 is 0 Å². The molecule has 0 bridgehead atoms. The summed E-state index contributed by atoms with van der Waals surface area (Å²) in [5.41, 5.74) is 0.827. The lowest BCUT2D eigenvalue weighted by molar-refractivity contribution is -0.116. The van der Waals surface area contributed by atoms with Crippen molar-refractivity contribution in [1.82, 2.24) is 4.98 Å². The molecule has 3 rings (SSSR count). The van der Waals surface area contributed by atoms with Crippen LogP contribution in [-0.2, 0) is 4.79 Å². The highest BCUT2D eigenvalue weighted by Gasteiger charge is 2.08. The maximum absolute atomic E-state index is 12.0. The van der Waals surface area contributed by atoms with Crippen LogP contribution in [0.25, 0.3) is 10.2 Å². The number of amides is 1. The summed E-state index contributed by atoms with van der Waals surface area (Å²) in [6.07, 6.45) is 0.990. The van der Waals surface area contributed by atoms with E-state index in [0.717, 1.165) is 21.7 Å². The molecule has 0 unspecified atom stereocenters. The number of hydrogen-bond acceptors (Lipinski definition) is 5. The first-order valence-electron chi connectivity index (χ1n) is 8.35. The standard InChI is InChI=1S/C19H19ClN2O3S/c1-2-24-14-6-8-15(9-7-14)25-11-3-4-18(23)22-19-21-16-10-5-13(20)12-17(16)26-19/h5-10,12H,2-4,11H2,1H3,(H,21,22,23). The minimum absolute atomic E-state index is 0.0783.